The number of carbonyl (C=O) groups is 3. The summed E-state index contributed by atoms with van der Waals surface area (Å²) in [5.41, 5.74) is 0.509. The zero-order chi connectivity index (χ0) is 13.0. The van der Waals surface area contributed by atoms with Crippen molar-refractivity contribution < 1.29 is 23.9 Å². The van der Waals surface area contributed by atoms with Crippen LogP contribution in [0.2, 0.25) is 0 Å². The molecule has 1 aromatic rings. The highest BCUT2D eigenvalue weighted by atomic mass is 16.5. The zero-order valence-electron chi connectivity index (χ0n) is 9.83. The largest absolute Gasteiger partial charge is 0.465 e. The van der Waals surface area contributed by atoms with Gasteiger partial charge in [0.2, 0.25) is 0 Å². The van der Waals surface area contributed by atoms with Crippen molar-refractivity contribution in [3.8, 4) is 0 Å². The Bertz CT molecular complexity index is 461. The molecular formula is C11H13NO5. The molecule has 1 rings (SSSR count). The topological polar surface area (TPSA) is 85.5 Å². The van der Waals surface area contributed by atoms with Crippen molar-refractivity contribution in [3.05, 3.63) is 22.5 Å². The first kappa shape index (κ1) is 13.0. The predicted molar refractivity (Wildman–Crippen MR) is 58.2 cm³/mol. The Balaban J connectivity index is 3.28. The smallest absolute Gasteiger partial charge is 0.355 e. The van der Waals surface area contributed by atoms with Gasteiger partial charge >= 0.3 is 11.9 Å². The molecule has 1 N–H and O–H groups in total. The number of ether oxygens (including phenoxy) is 2. The second-order valence-corrected chi connectivity index (χ2v) is 3.24. The summed E-state index contributed by atoms with van der Waals surface area (Å²) in [6, 6.07) is 0. The van der Waals surface area contributed by atoms with E-state index in [9.17, 15) is 14.4 Å². The normalized spacial score (nSPS) is 9.82. The highest BCUT2D eigenvalue weighted by Gasteiger charge is 2.24. The lowest BCUT2D eigenvalue weighted by Crippen LogP contribution is -2.08. The Kier molecular flexibility index (Phi) is 4.03. The molecule has 17 heavy (non-hydrogen) atoms. The van der Waals surface area contributed by atoms with E-state index in [1.807, 2.05) is 0 Å². The molecule has 0 aliphatic heterocycles. The van der Waals surface area contributed by atoms with Gasteiger partial charge in [-0.2, -0.15) is 0 Å². The van der Waals surface area contributed by atoms with E-state index in [0.717, 1.165) is 0 Å². The molecule has 6 nitrogen and oxygen atoms in total. The van der Waals surface area contributed by atoms with Gasteiger partial charge in [-0.3, -0.25) is 4.79 Å². The molecule has 0 atom stereocenters. The standard InChI is InChI=1S/C11H13NO5/c1-4-17-11(15)9-6(2)8(10(14)16-3)7(5-13)12-9/h5,12H,4H2,1-3H3. The lowest BCUT2D eigenvalue weighted by molar-refractivity contribution is 0.0519. The third-order valence-electron chi connectivity index (χ3n) is 2.27. The number of aromatic nitrogens is 1. The van der Waals surface area contributed by atoms with Crippen molar-refractivity contribution in [1.29, 1.82) is 0 Å². The van der Waals surface area contributed by atoms with Crippen molar-refractivity contribution in [2.75, 3.05) is 13.7 Å². The first-order valence-electron chi connectivity index (χ1n) is 4.99. The van der Waals surface area contributed by atoms with E-state index in [-0.39, 0.29) is 23.6 Å². The van der Waals surface area contributed by atoms with Gasteiger partial charge in [-0.15, -0.1) is 0 Å². The molecule has 0 aromatic carbocycles. The Labute approximate surface area is 97.9 Å². The van der Waals surface area contributed by atoms with E-state index in [4.69, 9.17) is 4.74 Å². The maximum Gasteiger partial charge on any atom is 0.355 e. The molecule has 92 valence electrons. The van der Waals surface area contributed by atoms with Crippen molar-refractivity contribution in [1.82, 2.24) is 4.98 Å². The molecule has 6 heteroatoms. The van der Waals surface area contributed by atoms with Crippen LogP contribution in [0.25, 0.3) is 0 Å². The fourth-order valence-electron chi connectivity index (χ4n) is 1.48. The number of esters is 2. The van der Waals surface area contributed by atoms with Crippen LogP contribution in [0.4, 0.5) is 0 Å². The number of hydrogen-bond acceptors (Lipinski definition) is 5. The second-order valence-electron chi connectivity index (χ2n) is 3.24. The van der Waals surface area contributed by atoms with Gasteiger partial charge < -0.3 is 14.5 Å². The second kappa shape index (κ2) is 5.29. The number of carbonyl (C=O) groups excluding carboxylic acids is 3. The maximum absolute atomic E-state index is 11.5. The van der Waals surface area contributed by atoms with Gasteiger partial charge in [0.05, 0.1) is 25.0 Å². The van der Waals surface area contributed by atoms with Crippen molar-refractivity contribution >= 4 is 18.2 Å². The average molecular weight is 239 g/mol. The number of aldehydes is 1. The van der Waals surface area contributed by atoms with Crippen LogP contribution in [0.5, 0.6) is 0 Å². The number of hydrogen-bond donors (Lipinski definition) is 1. The van der Waals surface area contributed by atoms with Crippen LogP contribution in [0, 0.1) is 6.92 Å². The third-order valence-corrected chi connectivity index (χ3v) is 2.27. The molecule has 0 unspecified atom stereocenters. The summed E-state index contributed by atoms with van der Waals surface area (Å²) >= 11 is 0. The summed E-state index contributed by atoms with van der Waals surface area (Å²) in [5, 5.41) is 0. The summed E-state index contributed by atoms with van der Waals surface area (Å²) in [6.07, 6.45) is 0.460. The minimum Gasteiger partial charge on any atom is -0.465 e. The summed E-state index contributed by atoms with van der Waals surface area (Å²) in [6.45, 7) is 3.42. The van der Waals surface area contributed by atoms with Crippen LogP contribution in [-0.2, 0) is 9.47 Å². The third kappa shape index (κ3) is 2.35. The van der Waals surface area contributed by atoms with Crippen LogP contribution in [-0.4, -0.2) is 36.9 Å². The number of aromatic amines is 1. The Morgan fingerprint density at radius 2 is 2.00 bits per heavy atom. The summed E-state index contributed by atoms with van der Waals surface area (Å²) in [7, 11) is 1.20. The van der Waals surface area contributed by atoms with E-state index >= 15 is 0 Å². The van der Waals surface area contributed by atoms with Gasteiger partial charge in [-0.1, -0.05) is 0 Å². The van der Waals surface area contributed by atoms with E-state index in [2.05, 4.69) is 9.72 Å². The van der Waals surface area contributed by atoms with Crippen LogP contribution >= 0.6 is 0 Å². The van der Waals surface area contributed by atoms with Crippen LogP contribution < -0.4 is 0 Å². The van der Waals surface area contributed by atoms with E-state index in [0.29, 0.717) is 11.8 Å². The molecule has 0 saturated heterocycles. The molecule has 1 heterocycles. The highest BCUT2D eigenvalue weighted by molar-refractivity contribution is 6.03. The summed E-state index contributed by atoms with van der Waals surface area (Å²) < 4.78 is 9.34. The minimum absolute atomic E-state index is 0.0115. The van der Waals surface area contributed by atoms with Crippen LogP contribution in [0.3, 0.4) is 0 Å². The van der Waals surface area contributed by atoms with Gasteiger partial charge in [-0.25, -0.2) is 9.59 Å². The molecule has 1 aromatic heterocycles. The molecule has 0 spiro atoms. The van der Waals surface area contributed by atoms with E-state index in [1.54, 1.807) is 13.8 Å². The van der Waals surface area contributed by atoms with Crippen LogP contribution in [0.1, 0.15) is 43.8 Å². The Morgan fingerprint density at radius 3 is 2.47 bits per heavy atom. The number of H-pyrrole nitrogens is 1. The molecule has 0 fully saturated rings. The minimum atomic E-state index is -0.670. The average Bonchev–Trinajstić information content (AvgIpc) is 2.65. The summed E-state index contributed by atoms with van der Waals surface area (Å²) in [4.78, 5) is 36.3. The lowest BCUT2D eigenvalue weighted by Gasteiger charge is -2.01. The Morgan fingerprint density at radius 1 is 1.35 bits per heavy atom. The molecule has 0 aliphatic carbocycles. The van der Waals surface area contributed by atoms with Crippen molar-refractivity contribution in [2.24, 2.45) is 0 Å². The highest BCUT2D eigenvalue weighted by Crippen LogP contribution is 2.19. The molecule has 0 amide bonds. The summed E-state index contributed by atoms with van der Waals surface area (Å²) in [5.74, 6) is -1.28. The lowest BCUT2D eigenvalue weighted by atomic mass is 10.1. The van der Waals surface area contributed by atoms with Gasteiger partial charge in [0.25, 0.3) is 0 Å². The fraction of sp³-hybridized carbons (Fsp3) is 0.364. The number of nitrogens with one attached hydrogen (secondary N) is 1. The zero-order valence-corrected chi connectivity index (χ0v) is 9.83. The molecular weight excluding hydrogens is 226 g/mol. The Hall–Kier alpha value is -2.11. The van der Waals surface area contributed by atoms with Gasteiger partial charge in [-0.05, 0) is 19.4 Å². The fourth-order valence-corrected chi connectivity index (χ4v) is 1.48. The first-order chi connectivity index (χ1) is 8.06. The van der Waals surface area contributed by atoms with E-state index in [1.165, 1.54) is 7.11 Å². The molecule has 0 saturated carbocycles. The quantitative estimate of drug-likeness (QED) is 0.628. The van der Waals surface area contributed by atoms with Gasteiger partial charge in [0, 0.05) is 0 Å². The van der Waals surface area contributed by atoms with Crippen LogP contribution in [0.15, 0.2) is 0 Å². The molecule has 0 aliphatic rings. The van der Waals surface area contributed by atoms with E-state index < -0.39 is 11.9 Å². The molecule has 0 radical (unpaired) electrons. The predicted octanol–water partition coefficient (Wildman–Crippen LogP) is 1.10. The van der Waals surface area contributed by atoms with Gasteiger partial charge in [0.15, 0.2) is 6.29 Å². The number of rotatable bonds is 4. The first-order valence-corrected chi connectivity index (χ1v) is 4.99. The SMILES string of the molecule is CCOC(=O)c1[nH]c(C=O)c(C(=O)OC)c1C. The number of methoxy groups -OCH3 is 1. The van der Waals surface area contributed by atoms with Crippen molar-refractivity contribution in [2.45, 2.75) is 13.8 Å². The monoisotopic (exact) mass is 239 g/mol. The van der Waals surface area contributed by atoms with Crippen molar-refractivity contribution in [3.63, 3.8) is 0 Å². The molecule has 0 bridgehead atoms. The maximum atomic E-state index is 11.5. The van der Waals surface area contributed by atoms with Gasteiger partial charge in [0.1, 0.15) is 5.69 Å².